The smallest absolute Gasteiger partial charge is 0.261 e. The van der Waals surface area contributed by atoms with Crippen LogP contribution in [0.25, 0.3) is 22.8 Å². The van der Waals surface area contributed by atoms with Crippen LogP contribution in [0.15, 0.2) is 47.0 Å². The number of nitrogen functional groups attached to an aromatic ring is 1. The van der Waals surface area contributed by atoms with Gasteiger partial charge in [-0.3, -0.25) is 0 Å². The highest BCUT2D eigenvalue weighted by Gasteiger charge is 2.16. The van der Waals surface area contributed by atoms with Crippen LogP contribution in [-0.2, 0) is 0 Å². The van der Waals surface area contributed by atoms with Crippen molar-refractivity contribution in [2.75, 3.05) is 5.73 Å². The van der Waals surface area contributed by atoms with Gasteiger partial charge in [-0.1, -0.05) is 17.3 Å². The number of hydrogen-bond acceptors (Lipinski definition) is 4. The van der Waals surface area contributed by atoms with Gasteiger partial charge in [0.1, 0.15) is 11.6 Å². The maximum Gasteiger partial charge on any atom is 0.261 e. The molecule has 3 rings (SSSR count). The molecule has 2 N–H and O–H groups in total. The van der Waals surface area contributed by atoms with Crippen LogP contribution < -0.4 is 5.73 Å². The van der Waals surface area contributed by atoms with E-state index in [4.69, 9.17) is 10.3 Å². The van der Waals surface area contributed by atoms with E-state index < -0.39 is 11.6 Å². The lowest BCUT2D eigenvalue weighted by Gasteiger charge is -1.98. The summed E-state index contributed by atoms with van der Waals surface area (Å²) >= 11 is 0. The first-order valence-electron chi connectivity index (χ1n) is 5.79. The first-order valence-corrected chi connectivity index (χ1v) is 5.79. The Bertz CT molecular complexity index is 771. The van der Waals surface area contributed by atoms with Crippen LogP contribution in [-0.4, -0.2) is 10.1 Å². The van der Waals surface area contributed by atoms with Crippen LogP contribution in [0.1, 0.15) is 0 Å². The van der Waals surface area contributed by atoms with Gasteiger partial charge in [-0.15, -0.1) is 0 Å². The van der Waals surface area contributed by atoms with Gasteiger partial charge in [0.2, 0.25) is 5.82 Å². The number of aromatic nitrogens is 2. The zero-order valence-corrected chi connectivity index (χ0v) is 10.2. The number of para-hydroxylation sites is 1. The first-order chi connectivity index (χ1) is 9.65. The lowest BCUT2D eigenvalue weighted by atomic mass is 10.1. The average molecular weight is 273 g/mol. The third-order valence-electron chi connectivity index (χ3n) is 2.79. The summed E-state index contributed by atoms with van der Waals surface area (Å²) in [5.74, 6) is -1.09. The summed E-state index contributed by atoms with van der Waals surface area (Å²) in [5, 5.41) is 3.74. The molecule has 0 amide bonds. The molecule has 0 aliphatic carbocycles. The molecule has 0 aliphatic heterocycles. The molecule has 0 saturated carbocycles. The molecule has 0 atom stereocenters. The minimum absolute atomic E-state index is 0.0850. The van der Waals surface area contributed by atoms with Crippen LogP contribution in [0, 0.1) is 11.6 Å². The van der Waals surface area contributed by atoms with Gasteiger partial charge in [-0.25, -0.2) is 8.78 Å². The van der Waals surface area contributed by atoms with Gasteiger partial charge < -0.3 is 10.3 Å². The van der Waals surface area contributed by atoms with Crippen molar-refractivity contribution in [2.24, 2.45) is 0 Å². The molecule has 1 heterocycles. The molecule has 0 aliphatic rings. The number of anilines is 1. The molecule has 4 nitrogen and oxygen atoms in total. The standard InChI is InChI=1S/C14H9F2N3O/c15-8-5-6-11(16)10(7-8)14-18-13(19-20-14)9-3-1-2-4-12(9)17/h1-7H,17H2. The number of hydrogen-bond donors (Lipinski definition) is 1. The minimum atomic E-state index is -0.636. The van der Waals surface area contributed by atoms with E-state index >= 15 is 0 Å². The molecule has 20 heavy (non-hydrogen) atoms. The van der Waals surface area contributed by atoms with Gasteiger partial charge in [0.05, 0.1) is 5.56 Å². The summed E-state index contributed by atoms with van der Waals surface area (Å²) in [5.41, 5.74) is 6.75. The Morgan fingerprint density at radius 1 is 1.00 bits per heavy atom. The molecule has 0 spiro atoms. The van der Waals surface area contributed by atoms with Crippen molar-refractivity contribution in [3.63, 3.8) is 0 Å². The predicted molar refractivity (Wildman–Crippen MR) is 69.5 cm³/mol. The zero-order chi connectivity index (χ0) is 14.1. The molecule has 6 heteroatoms. The Labute approximate surface area is 112 Å². The second-order valence-corrected chi connectivity index (χ2v) is 4.13. The number of halogens is 2. The molecular formula is C14H9F2N3O. The molecule has 3 aromatic rings. The van der Waals surface area contributed by atoms with Crippen LogP contribution in [0.5, 0.6) is 0 Å². The highest BCUT2D eigenvalue weighted by atomic mass is 19.1. The zero-order valence-electron chi connectivity index (χ0n) is 10.2. The van der Waals surface area contributed by atoms with Crippen LogP contribution in [0.3, 0.4) is 0 Å². The van der Waals surface area contributed by atoms with Crippen molar-refractivity contribution in [1.29, 1.82) is 0 Å². The second-order valence-electron chi connectivity index (χ2n) is 4.13. The van der Waals surface area contributed by atoms with Crippen molar-refractivity contribution < 1.29 is 13.3 Å². The molecule has 2 aromatic carbocycles. The number of benzene rings is 2. The van der Waals surface area contributed by atoms with E-state index in [0.29, 0.717) is 11.3 Å². The molecule has 0 radical (unpaired) electrons. The third-order valence-corrected chi connectivity index (χ3v) is 2.79. The van der Waals surface area contributed by atoms with Crippen molar-refractivity contribution in [1.82, 2.24) is 10.1 Å². The van der Waals surface area contributed by atoms with E-state index in [9.17, 15) is 8.78 Å². The summed E-state index contributed by atoms with van der Waals surface area (Å²) in [6.45, 7) is 0. The molecule has 0 fully saturated rings. The summed E-state index contributed by atoms with van der Waals surface area (Å²) in [6.07, 6.45) is 0. The van der Waals surface area contributed by atoms with Crippen molar-refractivity contribution in [3.05, 3.63) is 54.1 Å². The van der Waals surface area contributed by atoms with Crippen LogP contribution in [0.2, 0.25) is 0 Å². The molecule has 0 unspecified atom stereocenters. The van der Waals surface area contributed by atoms with Gasteiger partial charge in [0.25, 0.3) is 5.89 Å². The van der Waals surface area contributed by atoms with Crippen molar-refractivity contribution >= 4 is 5.69 Å². The molecule has 100 valence electrons. The van der Waals surface area contributed by atoms with E-state index in [1.165, 1.54) is 0 Å². The number of nitrogens with zero attached hydrogens (tertiary/aromatic N) is 2. The Hall–Kier alpha value is -2.76. The van der Waals surface area contributed by atoms with E-state index in [0.717, 1.165) is 18.2 Å². The van der Waals surface area contributed by atoms with Crippen LogP contribution in [0.4, 0.5) is 14.5 Å². The van der Waals surface area contributed by atoms with Gasteiger partial charge in [-0.2, -0.15) is 4.98 Å². The predicted octanol–water partition coefficient (Wildman–Crippen LogP) is 3.26. The molecule has 0 bridgehead atoms. The topological polar surface area (TPSA) is 64.9 Å². The van der Waals surface area contributed by atoms with Gasteiger partial charge in [-0.05, 0) is 30.3 Å². The Balaban J connectivity index is 2.07. The highest BCUT2D eigenvalue weighted by molar-refractivity contribution is 5.72. The molecule has 1 aromatic heterocycles. The lowest BCUT2D eigenvalue weighted by molar-refractivity contribution is 0.429. The fourth-order valence-electron chi connectivity index (χ4n) is 1.80. The summed E-state index contributed by atoms with van der Waals surface area (Å²) in [6, 6.07) is 9.97. The second kappa shape index (κ2) is 4.73. The summed E-state index contributed by atoms with van der Waals surface area (Å²) in [4.78, 5) is 4.05. The largest absolute Gasteiger partial charge is 0.398 e. The number of rotatable bonds is 2. The summed E-state index contributed by atoms with van der Waals surface area (Å²) < 4.78 is 31.7. The Kier molecular flexibility index (Phi) is 2.90. The maximum atomic E-state index is 13.6. The summed E-state index contributed by atoms with van der Waals surface area (Å²) in [7, 11) is 0. The third kappa shape index (κ3) is 2.11. The fourth-order valence-corrected chi connectivity index (χ4v) is 1.80. The fraction of sp³-hybridized carbons (Fsp3) is 0. The minimum Gasteiger partial charge on any atom is -0.398 e. The molecular weight excluding hydrogens is 264 g/mol. The van der Waals surface area contributed by atoms with Gasteiger partial charge >= 0.3 is 0 Å². The van der Waals surface area contributed by atoms with Crippen LogP contribution >= 0.6 is 0 Å². The normalized spacial score (nSPS) is 10.7. The van der Waals surface area contributed by atoms with E-state index in [2.05, 4.69) is 10.1 Å². The van der Waals surface area contributed by atoms with E-state index in [-0.39, 0.29) is 17.3 Å². The first kappa shape index (κ1) is 12.3. The molecule has 0 saturated heterocycles. The monoisotopic (exact) mass is 273 g/mol. The van der Waals surface area contributed by atoms with Crippen molar-refractivity contribution in [2.45, 2.75) is 0 Å². The van der Waals surface area contributed by atoms with E-state index in [1.54, 1.807) is 24.3 Å². The maximum absolute atomic E-state index is 13.6. The number of nitrogens with two attached hydrogens (primary N) is 1. The average Bonchev–Trinajstić information content (AvgIpc) is 2.91. The quantitative estimate of drug-likeness (QED) is 0.728. The highest BCUT2D eigenvalue weighted by Crippen LogP contribution is 2.27. The van der Waals surface area contributed by atoms with Gasteiger partial charge in [0.15, 0.2) is 0 Å². The van der Waals surface area contributed by atoms with E-state index in [1.807, 2.05) is 0 Å². The lowest BCUT2D eigenvalue weighted by Crippen LogP contribution is -1.91. The van der Waals surface area contributed by atoms with Gasteiger partial charge in [0, 0.05) is 11.3 Å². The van der Waals surface area contributed by atoms with Crippen molar-refractivity contribution in [3.8, 4) is 22.8 Å². The SMILES string of the molecule is Nc1ccccc1-c1noc(-c2cc(F)ccc2F)n1. The Morgan fingerprint density at radius 3 is 2.60 bits per heavy atom. The Morgan fingerprint density at radius 2 is 1.80 bits per heavy atom.